The van der Waals surface area contributed by atoms with E-state index in [0.29, 0.717) is 6.61 Å². The molecule has 1 atom stereocenters. The Balaban J connectivity index is 1.28. The lowest BCUT2D eigenvalue weighted by Gasteiger charge is -2.27. The topological polar surface area (TPSA) is 68.2 Å². The number of benzene rings is 3. The van der Waals surface area contributed by atoms with Crippen molar-refractivity contribution >= 4 is 5.69 Å². The van der Waals surface area contributed by atoms with Gasteiger partial charge >= 0.3 is 0 Å². The summed E-state index contributed by atoms with van der Waals surface area (Å²) < 4.78 is 6.00. The highest BCUT2D eigenvalue weighted by Crippen LogP contribution is 2.36. The molecule has 0 bridgehead atoms. The van der Waals surface area contributed by atoms with Crippen molar-refractivity contribution in [2.45, 2.75) is 38.8 Å². The van der Waals surface area contributed by atoms with E-state index in [2.05, 4.69) is 64.5 Å². The predicted molar refractivity (Wildman–Crippen MR) is 150 cm³/mol. The molecule has 5 rings (SSSR count). The molecule has 6 nitrogen and oxygen atoms in total. The van der Waals surface area contributed by atoms with Gasteiger partial charge in [0, 0.05) is 63.1 Å². The lowest BCUT2D eigenvalue weighted by atomic mass is 9.87. The lowest BCUT2D eigenvalue weighted by molar-refractivity contribution is 0.158. The molecule has 1 aliphatic carbocycles. The largest absolute Gasteiger partial charge is 0.508 e. The van der Waals surface area contributed by atoms with E-state index >= 15 is 0 Å². The molecule has 6 heteroatoms. The van der Waals surface area contributed by atoms with Gasteiger partial charge in [-0.3, -0.25) is 4.90 Å². The predicted octanol–water partition coefficient (Wildman–Crippen LogP) is 4.22. The first-order chi connectivity index (χ1) is 18.1. The Morgan fingerprint density at radius 2 is 1.81 bits per heavy atom. The molecule has 1 fully saturated rings. The highest BCUT2D eigenvalue weighted by atomic mass is 16.5. The second-order valence-corrected chi connectivity index (χ2v) is 10.2. The first-order valence-corrected chi connectivity index (χ1v) is 13.6. The minimum Gasteiger partial charge on any atom is -0.508 e. The van der Waals surface area contributed by atoms with E-state index in [0.717, 1.165) is 87.6 Å². The number of piperazine rings is 1. The van der Waals surface area contributed by atoms with E-state index in [1.54, 1.807) is 6.07 Å². The SMILES string of the molecule is CCN(Cc1ccc(OCCN2CCNCC2)cc1)c1cc(O)ccc1-c1ccc2c(c1)CCC(O)C2. The molecule has 3 N–H and O–H groups in total. The van der Waals surface area contributed by atoms with Gasteiger partial charge in [0.15, 0.2) is 0 Å². The van der Waals surface area contributed by atoms with Gasteiger partial charge in [-0.15, -0.1) is 0 Å². The van der Waals surface area contributed by atoms with E-state index in [1.807, 2.05) is 12.1 Å². The van der Waals surface area contributed by atoms with Gasteiger partial charge in [0.05, 0.1) is 6.10 Å². The lowest BCUT2D eigenvalue weighted by Crippen LogP contribution is -2.44. The number of aromatic hydroxyl groups is 1. The molecular weight excluding hydrogens is 462 g/mol. The van der Waals surface area contributed by atoms with Crippen LogP contribution in [-0.2, 0) is 19.4 Å². The zero-order valence-corrected chi connectivity index (χ0v) is 21.8. The number of phenols is 1. The minimum atomic E-state index is -0.234. The molecule has 0 amide bonds. The van der Waals surface area contributed by atoms with Crippen LogP contribution in [0.2, 0.25) is 0 Å². The second-order valence-electron chi connectivity index (χ2n) is 10.2. The summed E-state index contributed by atoms with van der Waals surface area (Å²) in [5.41, 5.74) is 7.04. The van der Waals surface area contributed by atoms with Gasteiger partial charge in [0.25, 0.3) is 0 Å². The fraction of sp³-hybridized carbons (Fsp3) is 0.419. The smallest absolute Gasteiger partial charge is 0.119 e. The normalized spacial score (nSPS) is 17.8. The van der Waals surface area contributed by atoms with Crippen molar-refractivity contribution in [1.82, 2.24) is 10.2 Å². The van der Waals surface area contributed by atoms with E-state index in [-0.39, 0.29) is 11.9 Å². The molecule has 0 spiro atoms. The summed E-state index contributed by atoms with van der Waals surface area (Å²) in [6, 6.07) is 20.6. The summed E-state index contributed by atoms with van der Waals surface area (Å²) in [7, 11) is 0. The third kappa shape index (κ3) is 6.45. The van der Waals surface area contributed by atoms with Gasteiger partial charge in [-0.1, -0.05) is 30.3 Å². The molecule has 1 unspecified atom stereocenters. The van der Waals surface area contributed by atoms with Crippen LogP contribution in [0.1, 0.15) is 30.0 Å². The van der Waals surface area contributed by atoms with Crippen molar-refractivity contribution < 1.29 is 14.9 Å². The molecule has 3 aromatic carbocycles. The molecule has 1 heterocycles. The van der Waals surface area contributed by atoms with Crippen LogP contribution in [0.4, 0.5) is 5.69 Å². The molecule has 3 aromatic rings. The summed E-state index contributed by atoms with van der Waals surface area (Å²) in [6.45, 7) is 9.64. The van der Waals surface area contributed by atoms with Crippen molar-refractivity contribution in [3.63, 3.8) is 0 Å². The average molecular weight is 502 g/mol. The fourth-order valence-electron chi connectivity index (χ4n) is 5.44. The van der Waals surface area contributed by atoms with Crippen LogP contribution >= 0.6 is 0 Å². The Hall–Kier alpha value is -3.06. The van der Waals surface area contributed by atoms with E-state index in [9.17, 15) is 10.2 Å². The molecule has 0 aromatic heterocycles. The van der Waals surface area contributed by atoms with E-state index in [1.165, 1.54) is 16.7 Å². The zero-order valence-electron chi connectivity index (χ0n) is 21.8. The van der Waals surface area contributed by atoms with Crippen molar-refractivity contribution in [2.24, 2.45) is 0 Å². The van der Waals surface area contributed by atoms with Gasteiger partial charge in [0.2, 0.25) is 0 Å². The van der Waals surface area contributed by atoms with Gasteiger partial charge in [-0.05, 0) is 72.7 Å². The van der Waals surface area contributed by atoms with Crippen LogP contribution in [0.5, 0.6) is 11.5 Å². The van der Waals surface area contributed by atoms with Gasteiger partial charge in [-0.2, -0.15) is 0 Å². The number of aryl methyl sites for hydroxylation is 1. The third-order valence-corrected chi connectivity index (χ3v) is 7.61. The zero-order chi connectivity index (χ0) is 25.6. The van der Waals surface area contributed by atoms with Crippen LogP contribution in [0.25, 0.3) is 11.1 Å². The first kappa shape index (κ1) is 25.6. The quantitative estimate of drug-likeness (QED) is 0.408. The number of aliphatic hydroxyl groups is 1. The monoisotopic (exact) mass is 501 g/mol. The summed E-state index contributed by atoms with van der Waals surface area (Å²) in [6.07, 6.45) is 2.21. The van der Waals surface area contributed by atoms with Gasteiger partial charge < -0.3 is 25.2 Å². The minimum absolute atomic E-state index is 0.234. The fourth-order valence-corrected chi connectivity index (χ4v) is 5.44. The van der Waals surface area contributed by atoms with E-state index in [4.69, 9.17) is 4.74 Å². The Morgan fingerprint density at radius 3 is 2.59 bits per heavy atom. The van der Waals surface area contributed by atoms with Crippen LogP contribution in [-0.4, -0.2) is 67.1 Å². The van der Waals surface area contributed by atoms with Gasteiger partial charge in [-0.25, -0.2) is 0 Å². The maximum Gasteiger partial charge on any atom is 0.119 e. The summed E-state index contributed by atoms with van der Waals surface area (Å²) in [5.74, 6) is 1.17. The van der Waals surface area contributed by atoms with Crippen molar-refractivity contribution in [3.8, 4) is 22.6 Å². The number of hydrogen-bond acceptors (Lipinski definition) is 6. The van der Waals surface area contributed by atoms with Gasteiger partial charge in [0.1, 0.15) is 18.1 Å². The van der Waals surface area contributed by atoms with Crippen LogP contribution in [0.15, 0.2) is 60.7 Å². The standard InChI is InChI=1S/C31H39N3O3/c1-2-34(22-23-3-10-29(11-4-23)37-18-17-33-15-13-32-14-16-33)31-21-28(36)9-12-30(31)26-6-5-25-20-27(35)8-7-24(25)19-26/h3-6,9-12,19,21,27,32,35-36H,2,7-8,13-18,20,22H2,1H3. The van der Waals surface area contributed by atoms with Crippen molar-refractivity contribution in [3.05, 3.63) is 77.4 Å². The Labute approximate surface area is 220 Å². The highest BCUT2D eigenvalue weighted by molar-refractivity contribution is 5.80. The summed E-state index contributed by atoms with van der Waals surface area (Å²) >= 11 is 0. The Morgan fingerprint density at radius 1 is 1.00 bits per heavy atom. The second kappa shape index (κ2) is 12.0. The van der Waals surface area contributed by atoms with Crippen molar-refractivity contribution in [2.75, 3.05) is 50.8 Å². The van der Waals surface area contributed by atoms with E-state index < -0.39 is 0 Å². The number of hydrogen-bond donors (Lipinski definition) is 3. The first-order valence-electron chi connectivity index (χ1n) is 13.6. The number of fused-ring (bicyclic) bond motifs is 1. The number of ether oxygens (including phenoxy) is 1. The maximum absolute atomic E-state index is 10.4. The molecule has 37 heavy (non-hydrogen) atoms. The third-order valence-electron chi connectivity index (χ3n) is 7.61. The number of aliphatic hydroxyl groups excluding tert-OH is 1. The molecule has 196 valence electrons. The number of anilines is 1. The Kier molecular flexibility index (Phi) is 8.29. The molecule has 1 saturated heterocycles. The summed E-state index contributed by atoms with van der Waals surface area (Å²) in [4.78, 5) is 4.74. The molecular formula is C31H39N3O3. The number of rotatable bonds is 9. The number of nitrogens with one attached hydrogen (secondary N) is 1. The number of phenolic OH excluding ortho intramolecular Hbond substituents is 1. The maximum atomic E-state index is 10.4. The van der Waals surface area contributed by atoms with Crippen LogP contribution in [0.3, 0.4) is 0 Å². The average Bonchev–Trinajstić information content (AvgIpc) is 2.93. The summed E-state index contributed by atoms with van der Waals surface area (Å²) in [5, 5.41) is 23.8. The molecule has 0 radical (unpaired) electrons. The van der Waals surface area contributed by atoms with Crippen molar-refractivity contribution in [1.29, 1.82) is 0 Å². The molecule has 0 saturated carbocycles. The number of nitrogens with zero attached hydrogens (tertiary/aromatic N) is 2. The Bertz CT molecular complexity index is 1170. The van der Waals surface area contributed by atoms with Crippen LogP contribution in [0, 0.1) is 0 Å². The van der Waals surface area contributed by atoms with Crippen LogP contribution < -0.4 is 15.0 Å². The molecule has 2 aliphatic rings. The highest BCUT2D eigenvalue weighted by Gasteiger charge is 2.19. The molecule has 1 aliphatic heterocycles.